The van der Waals surface area contributed by atoms with Crippen LogP contribution in [0.15, 0.2) is 53.7 Å². The molecule has 0 unspecified atom stereocenters. The van der Waals surface area contributed by atoms with Crippen LogP contribution in [-0.4, -0.2) is 19.2 Å². The summed E-state index contributed by atoms with van der Waals surface area (Å²) in [7, 11) is 0. The molecule has 1 fully saturated rings. The molecule has 5 nitrogen and oxygen atoms in total. The third-order valence-corrected chi connectivity index (χ3v) is 5.55. The molecule has 1 aliphatic carbocycles. The second kappa shape index (κ2) is 6.30. The SMILES string of the molecule is O=c1c2cnc3c(-c4ccc(F)cc4)cnn3c2ccn1C1CCCCC1. The molecule has 0 radical (unpaired) electrons. The zero-order chi connectivity index (χ0) is 18.4. The highest BCUT2D eigenvalue weighted by atomic mass is 19.1. The van der Waals surface area contributed by atoms with Crippen LogP contribution in [0.4, 0.5) is 4.39 Å². The minimum absolute atomic E-state index is 0.00682. The van der Waals surface area contributed by atoms with Gasteiger partial charge < -0.3 is 4.57 Å². The Labute approximate surface area is 155 Å². The molecule has 0 saturated heterocycles. The standard InChI is InChI=1S/C21H19FN4O/c22-15-8-6-14(7-9-15)17-13-24-26-19-10-11-25(16-4-2-1-3-5-16)21(27)18(19)12-23-20(17)26/h6-13,16H,1-5H2. The molecule has 1 saturated carbocycles. The fourth-order valence-corrected chi connectivity index (χ4v) is 4.11. The van der Waals surface area contributed by atoms with E-state index in [-0.39, 0.29) is 17.4 Å². The van der Waals surface area contributed by atoms with Crippen molar-refractivity contribution in [1.29, 1.82) is 0 Å². The number of fused-ring (bicyclic) bond motifs is 3. The van der Waals surface area contributed by atoms with Crippen molar-refractivity contribution in [1.82, 2.24) is 19.2 Å². The summed E-state index contributed by atoms with van der Waals surface area (Å²) in [5, 5.41) is 5.01. The summed E-state index contributed by atoms with van der Waals surface area (Å²) in [6.45, 7) is 0. The van der Waals surface area contributed by atoms with Crippen LogP contribution in [0.1, 0.15) is 38.1 Å². The van der Waals surface area contributed by atoms with Crippen LogP contribution in [0.2, 0.25) is 0 Å². The Hall–Kier alpha value is -3.02. The van der Waals surface area contributed by atoms with E-state index in [2.05, 4.69) is 10.1 Å². The highest BCUT2D eigenvalue weighted by Gasteiger charge is 2.18. The first-order chi connectivity index (χ1) is 13.2. The van der Waals surface area contributed by atoms with Crippen LogP contribution in [0.25, 0.3) is 27.7 Å². The lowest BCUT2D eigenvalue weighted by atomic mass is 9.95. The number of aromatic nitrogens is 4. The number of hydrogen-bond acceptors (Lipinski definition) is 3. The Morgan fingerprint density at radius 2 is 1.78 bits per heavy atom. The van der Waals surface area contributed by atoms with Crippen molar-refractivity contribution in [2.24, 2.45) is 0 Å². The lowest BCUT2D eigenvalue weighted by Gasteiger charge is -2.24. The van der Waals surface area contributed by atoms with E-state index in [4.69, 9.17) is 0 Å². The van der Waals surface area contributed by atoms with Gasteiger partial charge in [-0.3, -0.25) is 4.79 Å². The highest BCUT2D eigenvalue weighted by molar-refractivity contribution is 5.85. The van der Waals surface area contributed by atoms with E-state index in [1.54, 1.807) is 29.0 Å². The van der Waals surface area contributed by atoms with E-state index in [1.165, 1.54) is 31.4 Å². The van der Waals surface area contributed by atoms with E-state index in [0.29, 0.717) is 11.0 Å². The molecule has 4 aromatic rings. The van der Waals surface area contributed by atoms with Crippen LogP contribution in [-0.2, 0) is 0 Å². The predicted molar refractivity (Wildman–Crippen MR) is 102 cm³/mol. The Balaban J connectivity index is 1.66. The van der Waals surface area contributed by atoms with Gasteiger partial charge in [-0.15, -0.1) is 0 Å². The first kappa shape index (κ1) is 16.2. The van der Waals surface area contributed by atoms with Crippen molar-refractivity contribution in [3.8, 4) is 11.1 Å². The summed E-state index contributed by atoms with van der Waals surface area (Å²) in [5.74, 6) is -0.281. The first-order valence-corrected chi connectivity index (χ1v) is 9.36. The zero-order valence-corrected chi connectivity index (χ0v) is 14.8. The molecule has 6 heteroatoms. The summed E-state index contributed by atoms with van der Waals surface area (Å²) >= 11 is 0. The summed E-state index contributed by atoms with van der Waals surface area (Å²) in [6, 6.07) is 8.48. The molecule has 0 atom stereocenters. The molecule has 0 bridgehead atoms. The van der Waals surface area contributed by atoms with Gasteiger partial charge in [-0.05, 0) is 36.6 Å². The molecule has 3 heterocycles. The molecule has 1 aromatic carbocycles. The summed E-state index contributed by atoms with van der Waals surface area (Å²) in [6.07, 6.45) is 10.9. The van der Waals surface area contributed by atoms with Crippen molar-refractivity contribution in [3.63, 3.8) is 0 Å². The predicted octanol–water partition coefficient (Wildman–Crippen LogP) is 4.36. The van der Waals surface area contributed by atoms with Gasteiger partial charge >= 0.3 is 0 Å². The van der Waals surface area contributed by atoms with Gasteiger partial charge in [-0.2, -0.15) is 5.10 Å². The Morgan fingerprint density at radius 3 is 2.56 bits per heavy atom. The average molecular weight is 362 g/mol. The van der Waals surface area contributed by atoms with Crippen molar-refractivity contribution in [2.45, 2.75) is 38.1 Å². The van der Waals surface area contributed by atoms with E-state index >= 15 is 0 Å². The summed E-state index contributed by atoms with van der Waals surface area (Å²) < 4.78 is 16.8. The normalized spacial score (nSPS) is 15.6. The number of halogens is 1. The minimum atomic E-state index is -0.281. The zero-order valence-electron chi connectivity index (χ0n) is 14.8. The molecule has 0 aliphatic heterocycles. The molecular formula is C21H19FN4O. The number of pyridine rings is 1. The van der Waals surface area contributed by atoms with E-state index < -0.39 is 0 Å². The van der Waals surface area contributed by atoms with Crippen molar-refractivity contribution in [2.75, 3.05) is 0 Å². The van der Waals surface area contributed by atoms with Crippen LogP contribution >= 0.6 is 0 Å². The molecule has 5 rings (SSSR count). The van der Waals surface area contributed by atoms with Crippen molar-refractivity contribution in [3.05, 3.63) is 65.1 Å². The minimum Gasteiger partial charge on any atom is -0.312 e. The topological polar surface area (TPSA) is 52.2 Å². The second-order valence-electron chi connectivity index (χ2n) is 7.18. The quantitative estimate of drug-likeness (QED) is 0.532. The number of rotatable bonds is 2. The third-order valence-electron chi connectivity index (χ3n) is 5.55. The molecule has 136 valence electrons. The maximum atomic E-state index is 13.2. The molecule has 0 N–H and O–H groups in total. The van der Waals surface area contributed by atoms with Gasteiger partial charge in [0, 0.05) is 24.0 Å². The number of benzene rings is 1. The number of hydrogen-bond donors (Lipinski definition) is 0. The highest BCUT2D eigenvalue weighted by Crippen LogP contribution is 2.28. The molecule has 3 aromatic heterocycles. The second-order valence-corrected chi connectivity index (χ2v) is 7.18. The van der Waals surface area contributed by atoms with Gasteiger partial charge in [0.1, 0.15) is 5.82 Å². The van der Waals surface area contributed by atoms with Gasteiger partial charge in [0.05, 0.1) is 17.1 Å². The maximum Gasteiger partial charge on any atom is 0.261 e. The van der Waals surface area contributed by atoms with Gasteiger partial charge in [0.25, 0.3) is 5.56 Å². The van der Waals surface area contributed by atoms with Crippen LogP contribution in [0.5, 0.6) is 0 Å². The average Bonchev–Trinajstić information content (AvgIpc) is 3.14. The van der Waals surface area contributed by atoms with Gasteiger partial charge in [-0.1, -0.05) is 31.4 Å². The summed E-state index contributed by atoms with van der Waals surface area (Å²) in [5.41, 5.74) is 3.05. The molecule has 27 heavy (non-hydrogen) atoms. The van der Waals surface area contributed by atoms with Gasteiger partial charge in [-0.25, -0.2) is 13.9 Å². The Kier molecular flexibility index (Phi) is 3.77. The Bertz CT molecular complexity index is 1190. The van der Waals surface area contributed by atoms with Gasteiger partial charge in [0.2, 0.25) is 0 Å². The van der Waals surface area contributed by atoms with E-state index in [0.717, 1.165) is 29.5 Å². The van der Waals surface area contributed by atoms with E-state index in [9.17, 15) is 9.18 Å². The van der Waals surface area contributed by atoms with Crippen LogP contribution in [0, 0.1) is 5.82 Å². The van der Waals surface area contributed by atoms with Crippen LogP contribution < -0.4 is 5.56 Å². The third kappa shape index (κ3) is 2.63. The fourth-order valence-electron chi connectivity index (χ4n) is 4.11. The van der Waals surface area contributed by atoms with E-state index in [1.807, 2.05) is 16.8 Å². The largest absolute Gasteiger partial charge is 0.312 e. The first-order valence-electron chi connectivity index (χ1n) is 9.36. The fraction of sp³-hybridized carbons (Fsp3) is 0.286. The van der Waals surface area contributed by atoms with Crippen molar-refractivity contribution < 1.29 is 4.39 Å². The van der Waals surface area contributed by atoms with Crippen molar-refractivity contribution >= 4 is 16.6 Å². The number of nitrogens with zero attached hydrogens (tertiary/aromatic N) is 4. The Morgan fingerprint density at radius 1 is 1.00 bits per heavy atom. The lowest BCUT2D eigenvalue weighted by Crippen LogP contribution is -2.26. The molecular weight excluding hydrogens is 343 g/mol. The van der Waals surface area contributed by atoms with Crippen LogP contribution in [0.3, 0.4) is 0 Å². The monoisotopic (exact) mass is 362 g/mol. The maximum absolute atomic E-state index is 13.2. The van der Waals surface area contributed by atoms with Gasteiger partial charge in [0.15, 0.2) is 5.65 Å². The molecule has 0 amide bonds. The molecule has 0 spiro atoms. The summed E-state index contributed by atoms with van der Waals surface area (Å²) in [4.78, 5) is 17.5. The molecule has 1 aliphatic rings. The lowest BCUT2D eigenvalue weighted by molar-refractivity contribution is 0.347. The smallest absolute Gasteiger partial charge is 0.261 e.